The van der Waals surface area contributed by atoms with Gasteiger partial charge in [0.25, 0.3) is 0 Å². The molecule has 2 aromatic rings. The fourth-order valence-electron chi connectivity index (χ4n) is 3.44. The van der Waals surface area contributed by atoms with Crippen molar-refractivity contribution in [1.82, 2.24) is 4.31 Å². The van der Waals surface area contributed by atoms with Crippen LogP contribution in [0.5, 0.6) is 5.75 Å². The highest BCUT2D eigenvalue weighted by molar-refractivity contribution is 7.89. The molecular weight excluding hydrogens is 404 g/mol. The highest BCUT2D eigenvalue weighted by Crippen LogP contribution is 2.24. The lowest BCUT2D eigenvalue weighted by Gasteiger charge is -2.16. The topological polar surface area (TPSA) is 92.8 Å². The molecule has 1 saturated heterocycles. The number of hydrogen-bond acceptors (Lipinski definition) is 5. The molecule has 0 aromatic heterocycles. The van der Waals surface area contributed by atoms with Crippen molar-refractivity contribution < 1.29 is 22.7 Å². The number of anilines is 1. The van der Waals surface area contributed by atoms with E-state index in [0.717, 1.165) is 18.4 Å². The third-order valence-electron chi connectivity index (χ3n) is 5.06. The van der Waals surface area contributed by atoms with Gasteiger partial charge in [-0.05, 0) is 50.1 Å². The van der Waals surface area contributed by atoms with Gasteiger partial charge >= 0.3 is 0 Å². The number of ketones is 1. The number of nitrogens with one attached hydrogen (secondary N) is 1. The number of carbonyl (C=O) groups is 2. The third kappa shape index (κ3) is 5.06. The van der Waals surface area contributed by atoms with E-state index >= 15 is 0 Å². The smallest absolute Gasteiger partial charge is 0.243 e. The Morgan fingerprint density at radius 2 is 1.80 bits per heavy atom. The maximum absolute atomic E-state index is 12.7. The molecule has 0 atom stereocenters. The van der Waals surface area contributed by atoms with Gasteiger partial charge in [0, 0.05) is 31.6 Å². The van der Waals surface area contributed by atoms with Crippen LogP contribution in [0.3, 0.4) is 0 Å². The Morgan fingerprint density at radius 3 is 2.50 bits per heavy atom. The number of benzene rings is 2. The summed E-state index contributed by atoms with van der Waals surface area (Å²) in [7, 11) is -2.06. The van der Waals surface area contributed by atoms with E-state index in [2.05, 4.69) is 5.32 Å². The van der Waals surface area contributed by atoms with Gasteiger partial charge in [-0.3, -0.25) is 9.59 Å². The molecule has 30 heavy (non-hydrogen) atoms. The monoisotopic (exact) mass is 430 g/mol. The van der Waals surface area contributed by atoms with E-state index in [1.807, 2.05) is 13.0 Å². The molecule has 1 N–H and O–H groups in total. The van der Waals surface area contributed by atoms with Crippen molar-refractivity contribution in [2.24, 2.45) is 0 Å². The summed E-state index contributed by atoms with van der Waals surface area (Å²) in [4.78, 5) is 25.0. The Labute approximate surface area is 177 Å². The van der Waals surface area contributed by atoms with E-state index in [0.29, 0.717) is 30.1 Å². The average Bonchev–Trinajstić information content (AvgIpc) is 3.28. The van der Waals surface area contributed by atoms with Gasteiger partial charge in [0.15, 0.2) is 5.78 Å². The van der Waals surface area contributed by atoms with Crippen LogP contribution < -0.4 is 10.1 Å². The quantitative estimate of drug-likeness (QED) is 0.648. The van der Waals surface area contributed by atoms with E-state index < -0.39 is 10.0 Å². The zero-order chi connectivity index (χ0) is 21.7. The first-order chi connectivity index (χ1) is 14.3. The zero-order valence-corrected chi connectivity index (χ0v) is 18.0. The summed E-state index contributed by atoms with van der Waals surface area (Å²) >= 11 is 0. The SMILES string of the molecule is COc1ccc(C)cc1C(=O)CCC(=O)Nc1cccc(S(=O)(=O)N2CCCC2)c1. The van der Waals surface area contributed by atoms with E-state index in [1.165, 1.54) is 23.5 Å². The van der Waals surface area contributed by atoms with Crippen LogP contribution in [0, 0.1) is 6.92 Å². The van der Waals surface area contributed by atoms with Crippen molar-refractivity contribution in [2.75, 3.05) is 25.5 Å². The molecule has 3 rings (SSSR count). The van der Waals surface area contributed by atoms with Crippen LogP contribution in [0.15, 0.2) is 47.4 Å². The van der Waals surface area contributed by atoms with E-state index in [-0.39, 0.29) is 29.4 Å². The highest BCUT2D eigenvalue weighted by Gasteiger charge is 2.27. The molecule has 0 spiro atoms. The van der Waals surface area contributed by atoms with Crippen LogP contribution >= 0.6 is 0 Å². The molecule has 1 heterocycles. The molecular formula is C22H26N2O5S. The van der Waals surface area contributed by atoms with Crippen molar-refractivity contribution in [3.63, 3.8) is 0 Å². The third-order valence-corrected chi connectivity index (χ3v) is 6.95. The van der Waals surface area contributed by atoms with Crippen LogP contribution in [-0.4, -0.2) is 44.6 Å². The van der Waals surface area contributed by atoms with Gasteiger partial charge in [0.1, 0.15) is 5.75 Å². The van der Waals surface area contributed by atoms with Crippen LogP contribution in [0.25, 0.3) is 0 Å². The number of amides is 1. The molecule has 0 saturated carbocycles. The highest BCUT2D eigenvalue weighted by atomic mass is 32.2. The Hall–Kier alpha value is -2.71. The zero-order valence-electron chi connectivity index (χ0n) is 17.2. The summed E-state index contributed by atoms with van der Waals surface area (Å²) in [5.74, 6) is -0.0624. The Balaban J connectivity index is 1.63. The first-order valence-electron chi connectivity index (χ1n) is 9.89. The summed E-state index contributed by atoms with van der Waals surface area (Å²) < 4.78 is 32.1. The predicted molar refractivity (Wildman–Crippen MR) is 114 cm³/mol. The van der Waals surface area contributed by atoms with Crippen molar-refractivity contribution in [2.45, 2.75) is 37.5 Å². The van der Waals surface area contributed by atoms with Crippen LogP contribution in [0.1, 0.15) is 41.6 Å². The number of ether oxygens (including phenoxy) is 1. The number of Topliss-reactive ketones (excluding diaryl/α,β-unsaturated/α-hetero) is 1. The summed E-state index contributed by atoms with van der Waals surface area (Å²) in [5, 5.41) is 2.69. The Morgan fingerprint density at radius 1 is 1.07 bits per heavy atom. The lowest BCUT2D eigenvalue weighted by molar-refractivity contribution is -0.116. The van der Waals surface area contributed by atoms with Gasteiger partial charge in [-0.15, -0.1) is 0 Å². The molecule has 7 nitrogen and oxygen atoms in total. The molecule has 1 aliphatic heterocycles. The summed E-state index contributed by atoms with van der Waals surface area (Å²) in [6.07, 6.45) is 1.72. The molecule has 0 unspecified atom stereocenters. The fraction of sp³-hybridized carbons (Fsp3) is 0.364. The van der Waals surface area contributed by atoms with Crippen molar-refractivity contribution >= 4 is 27.4 Å². The maximum atomic E-state index is 12.7. The minimum absolute atomic E-state index is 0.0148. The fourth-order valence-corrected chi connectivity index (χ4v) is 5.00. The number of aryl methyl sites for hydroxylation is 1. The van der Waals surface area contributed by atoms with Gasteiger partial charge in [-0.25, -0.2) is 8.42 Å². The van der Waals surface area contributed by atoms with Gasteiger partial charge in [-0.1, -0.05) is 17.7 Å². The van der Waals surface area contributed by atoms with Crippen molar-refractivity contribution in [3.8, 4) is 5.75 Å². The summed E-state index contributed by atoms with van der Waals surface area (Å²) in [6, 6.07) is 11.5. The second kappa shape index (κ2) is 9.40. The van der Waals surface area contributed by atoms with E-state index in [1.54, 1.807) is 24.3 Å². The number of carbonyl (C=O) groups excluding carboxylic acids is 2. The molecule has 1 fully saturated rings. The van der Waals surface area contributed by atoms with Gasteiger partial charge in [0.2, 0.25) is 15.9 Å². The lowest BCUT2D eigenvalue weighted by Crippen LogP contribution is -2.27. The molecule has 8 heteroatoms. The number of rotatable bonds is 8. The average molecular weight is 431 g/mol. The molecule has 2 aromatic carbocycles. The van der Waals surface area contributed by atoms with E-state index in [4.69, 9.17) is 4.74 Å². The van der Waals surface area contributed by atoms with Crippen molar-refractivity contribution in [1.29, 1.82) is 0 Å². The molecule has 0 radical (unpaired) electrons. The Kier molecular flexibility index (Phi) is 6.89. The number of hydrogen-bond donors (Lipinski definition) is 1. The lowest BCUT2D eigenvalue weighted by atomic mass is 10.0. The summed E-state index contributed by atoms with van der Waals surface area (Å²) in [5.41, 5.74) is 1.77. The number of sulfonamides is 1. The number of nitrogens with zero attached hydrogens (tertiary/aromatic N) is 1. The van der Waals surface area contributed by atoms with Gasteiger partial charge in [-0.2, -0.15) is 4.31 Å². The maximum Gasteiger partial charge on any atom is 0.243 e. The van der Waals surface area contributed by atoms with E-state index in [9.17, 15) is 18.0 Å². The normalized spacial score (nSPS) is 14.5. The molecule has 1 aliphatic rings. The van der Waals surface area contributed by atoms with Gasteiger partial charge in [0.05, 0.1) is 17.6 Å². The van der Waals surface area contributed by atoms with Crippen LogP contribution in [0.2, 0.25) is 0 Å². The second-order valence-corrected chi connectivity index (χ2v) is 9.25. The molecule has 0 aliphatic carbocycles. The van der Waals surface area contributed by atoms with Crippen LogP contribution in [0.4, 0.5) is 5.69 Å². The van der Waals surface area contributed by atoms with Gasteiger partial charge < -0.3 is 10.1 Å². The van der Waals surface area contributed by atoms with Crippen molar-refractivity contribution in [3.05, 3.63) is 53.6 Å². The Bertz CT molecular complexity index is 1040. The summed E-state index contributed by atoms with van der Waals surface area (Å²) in [6.45, 7) is 2.92. The molecule has 0 bridgehead atoms. The second-order valence-electron chi connectivity index (χ2n) is 7.31. The largest absolute Gasteiger partial charge is 0.496 e. The molecule has 1 amide bonds. The first-order valence-corrected chi connectivity index (χ1v) is 11.3. The minimum Gasteiger partial charge on any atom is -0.496 e. The first kappa shape index (κ1) is 22.0. The minimum atomic E-state index is -3.56. The number of methoxy groups -OCH3 is 1. The predicted octanol–water partition coefficient (Wildman–Crippen LogP) is 3.39. The van der Waals surface area contributed by atoms with Crippen LogP contribution in [-0.2, 0) is 14.8 Å². The standard InChI is InChI=1S/C22H26N2O5S/c1-16-8-10-21(29-2)19(14-16)20(25)9-11-22(26)23-17-6-5-7-18(15-17)30(27,28)24-12-3-4-13-24/h5-8,10,14-15H,3-4,9,11-13H2,1-2H3,(H,23,26). The molecule has 160 valence electrons.